The van der Waals surface area contributed by atoms with Gasteiger partial charge in [-0.2, -0.15) is 4.98 Å². The standard InChI is InChI=1S/C22H25N3O4/c1-25(15-16-28-19-7-4-3-5-8-19)21(26)10-6-9-20-23-22(24-29-20)17-11-13-18(27-2)14-12-17/h3-5,7-8,11-14H,6,9-10,15-16H2,1-2H3. The zero-order valence-corrected chi connectivity index (χ0v) is 16.7. The molecule has 0 aliphatic carbocycles. The predicted octanol–water partition coefficient (Wildman–Crippen LogP) is 3.61. The van der Waals surface area contributed by atoms with Gasteiger partial charge in [0, 0.05) is 25.5 Å². The monoisotopic (exact) mass is 395 g/mol. The van der Waals surface area contributed by atoms with Gasteiger partial charge in [0.2, 0.25) is 17.6 Å². The van der Waals surface area contributed by atoms with Gasteiger partial charge in [-0.1, -0.05) is 23.4 Å². The first-order valence-electron chi connectivity index (χ1n) is 9.54. The van der Waals surface area contributed by atoms with Gasteiger partial charge < -0.3 is 18.9 Å². The van der Waals surface area contributed by atoms with E-state index in [4.69, 9.17) is 14.0 Å². The number of hydrogen-bond donors (Lipinski definition) is 0. The summed E-state index contributed by atoms with van der Waals surface area (Å²) < 4.78 is 16.1. The van der Waals surface area contributed by atoms with E-state index in [2.05, 4.69) is 10.1 Å². The van der Waals surface area contributed by atoms with E-state index in [1.54, 1.807) is 19.1 Å². The number of aryl methyl sites for hydroxylation is 1. The summed E-state index contributed by atoms with van der Waals surface area (Å²) in [6.07, 6.45) is 1.62. The molecule has 0 N–H and O–H groups in total. The van der Waals surface area contributed by atoms with Gasteiger partial charge in [-0.3, -0.25) is 4.79 Å². The molecule has 0 bridgehead atoms. The molecule has 0 saturated carbocycles. The highest BCUT2D eigenvalue weighted by molar-refractivity contribution is 5.75. The summed E-state index contributed by atoms with van der Waals surface area (Å²) >= 11 is 0. The largest absolute Gasteiger partial charge is 0.497 e. The molecule has 1 amide bonds. The summed E-state index contributed by atoms with van der Waals surface area (Å²) in [4.78, 5) is 18.3. The van der Waals surface area contributed by atoms with Gasteiger partial charge in [-0.25, -0.2) is 0 Å². The van der Waals surface area contributed by atoms with Gasteiger partial charge in [-0.15, -0.1) is 0 Å². The van der Waals surface area contributed by atoms with Crippen molar-refractivity contribution in [2.75, 3.05) is 27.3 Å². The van der Waals surface area contributed by atoms with Crippen molar-refractivity contribution in [3.63, 3.8) is 0 Å². The molecule has 0 aliphatic rings. The number of hydrogen-bond acceptors (Lipinski definition) is 6. The first-order valence-corrected chi connectivity index (χ1v) is 9.54. The number of rotatable bonds is 10. The third-order valence-electron chi connectivity index (χ3n) is 4.46. The van der Waals surface area contributed by atoms with Crippen LogP contribution in [-0.4, -0.2) is 48.3 Å². The number of ether oxygens (including phenoxy) is 2. The summed E-state index contributed by atoms with van der Waals surface area (Å²) in [7, 11) is 3.40. The third-order valence-corrected chi connectivity index (χ3v) is 4.46. The lowest BCUT2D eigenvalue weighted by Gasteiger charge is -2.17. The van der Waals surface area contributed by atoms with Crippen LogP contribution < -0.4 is 9.47 Å². The molecule has 0 atom stereocenters. The van der Waals surface area contributed by atoms with Crippen molar-refractivity contribution >= 4 is 5.91 Å². The Balaban J connectivity index is 1.39. The molecular formula is C22H25N3O4. The summed E-state index contributed by atoms with van der Waals surface area (Å²) in [5.74, 6) is 2.70. The SMILES string of the molecule is COc1ccc(-c2noc(CCCC(=O)N(C)CCOc3ccccc3)n2)cc1. The Morgan fingerprint density at radius 3 is 2.55 bits per heavy atom. The number of likely N-dealkylation sites (N-methyl/N-ethyl adjacent to an activating group) is 1. The van der Waals surface area contributed by atoms with Crippen LogP contribution in [0.1, 0.15) is 18.7 Å². The smallest absolute Gasteiger partial charge is 0.226 e. The predicted molar refractivity (Wildman–Crippen MR) is 109 cm³/mol. The van der Waals surface area contributed by atoms with Crippen LogP contribution >= 0.6 is 0 Å². The zero-order valence-electron chi connectivity index (χ0n) is 16.7. The van der Waals surface area contributed by atoms with Crippen LogP contribution in [0.15, 0.2) is 59.1 Å². The van der Waals surface area contributed by atoms with Crippen LogP contribution in [0.4, 0.5) is 0 Å². The van der Waals surface area contributed by atoms with E-state index in [1.165, 1.54) is 0 Å². The van der Waals surface area contributed by atoms with Gasteiger partial charge >= 0.3 is 0 Å². The lowest BCUT2D eigenvalue weighted by Crippen LogP contribution is -2.30. The number of aromatic nitrogens is 2. The van der Waals surface area contributed by atoms with Gasteiger partial charge in [0.25, 0.3) is 0 Å². The molecule has 0 fully saturated rings. The van der Waals surface area contributed by atoms with E-state index in [0.717, 1.165) is 17.1 Å². The first kappa shape index (κ1) is 20.4. The normalized spacial score (nSPS) is 10.6. The second-order valence-corrected chi connectivity index (χ2v) is 6.57. The Hall–Kier alpha value is -3.35. The van der Waals surface area contributed by atoms with Gasteiger partial charge in [0.1, 0.15) is 18.1 Å². The lowest BCUT2D eigenvalue weighted by atomic mass is 10.2. The van der Waals surface area contributed by atoms with Crippen molar-refractivity contribution in [1.82, 2.24) is 15.0 Å². The molecule has 0 aliphatic heterocycles. The molecule has 0 radical (unpaired) electrons. The number of nitrogens with zero attached hydrogens (tertiary/aromatic N) is 3. The van der Waals surface area contributed by atoms with E-state index in [1.807, 2.05) is 54.6 Å². The Kier molecular flexibility index (Phi) is 7.22. The highest BCUT2D eigenvalue weighted by Gasteiger charge is 2.12. The molecule has 7 heteroatoms. The molecule has 2 aromatic carbocycles. The molecule has 1 heterocycles. The van der Waals surface area contributed by atoms with E-state index < -0.39 is 0 Å². The Bertz CT molecular complexity index is 894. The number of amides is 1. The van der Waals surface area contributed by atoms with Gasteiger partial charge in [0.05, 0.1) is 13.7 Å². The van der Waals surface area contributed by atoms with Crippen LogP contribution in [0.3, 0.4) is 0 Å². The number of carbonyl (C=O) groups excluding carboxylic acids is 1. The minimum absolute atomic E-state index is 0.0663. The summed E-state index contributed by atoms with van der Waals surface area (Å²) in [5, 5.41) is 4.01. The molecule has 0 saturated heterocycles. The van der Waals surface area contributed by atoms with Crippen LogP contribution in [-0.2, 0) is 11.2 Å². The molecule has 29 heavy (non-hydrogen) atoms. The van der Waals surface area contributed by atoms with Crippen LogP contribution in [0, 0.1) is 0 Å². The topological polar surface area (TPSA) is 77.7 Å². The maximum absolute atomic E-state index is 12.3. The fraction of sp³-hybridized carbons (Fsp3) is 0.318. The minimum Gasteiger partial charge on any atom is -0.497 e. The summed E-state index contributed by atoms with van der Waals surface area (Å²) in [6.45, 7) is 0.997. The van der Waals surface area contributed by atoms with E-state index in [-0.39, 0.29) is 5.91 Å². The molecule has 0 unspecified atom stereocenters. The molecule has 1 aromatic heterocycles. The van der Waals surface area contributed by atoms with Crippen molar-refractivity contribution < 1.29 is 18.8 Å². The third kappa shape index (κ3) is 6.07. The Labute approximate surface area is 170 Å². The second-order valence-electron chi connectivity index (χ2n) is 6.57. The summed E-state index contributed by atoms with van der Waals surface area (Å²) in [6, 6.07) is 17.0. The quantitative estimate of drug-likeness (QED) is 0.522. The molecule has 3 aromatic rings. The highest BCUT2D eigenvalue weighted by atomic mass is 16.5. The van der Waals surface area contributed by atoms with Gasteiger partial charge in [0.15, 0.2) is 0 Å². The van der Waals surface area contributed by atoms with Crippen LogP contribution in [0.2, 0.25) is 0 Å². The maximum Gasteiger partial charge on any atom is 0.226 e. The molecule has 152 valence electrons. The number of para-hydroxylation sites is 1. The fourth-order valence-corrected chi connectivity index (χ4v) is 2.74. The molecule has 0 spiro atoms. The molecule has 7 nitrogen and oxygen atoms in total. The molecule has 3 rings (SSSR count). The van der Waals surface area contributed by atoms with Crippen molar-refractivity contribution in [3.8, 4) is 22.9 Å². The highest BCUT2D eigenvalue weighted by Crippen LogP contribution is 2.20. The second kappa shape index (κ2) is 10.3. The van der Waals surface area contributed by atoms with E-state index >= 15 is 0 Å². The average Bonchev–Trinajstić information content (AvgIpc) is 3.23. The van der Waals surface area contributed by atoms with Crippen LogP contribution in [0.25, 0.3) is 11.4 Å². The summed E-state index contributed by atoms with van der Waals surface area (Å²) in [5.41, 5.74) is 0.857. The van der Waals surface area contributed by atoms with Crippen molar-refractivity contribution in [2.24, 2.45) is 0 Å². The van der Waals surface area contributed by atoms with Crippen molar-refractivity contribution in [2.45, 2.75) is 19.3 Å². The van der Waals surface area contributed by atoms with Gasteiger partial charge in [-0.05, 0) is 42.8 Å². The zero-order chi connectivity index (χ0) is 20.5. The minimum atomic E-state index is 0.0663. The van der Waals surface area contributed by atoms with Crippen molar-refractivity contribution in [1.29, 1.82) is 0 Å². The average molecular weight is 395 g/mol. The van der Waals surface area contributed by atoms with E-state index in [0.29, 0.717) is 44.1 Å². The lowest BCUT2D eigenvalue weighted by molar-refractivity contribution is -0.130. The molecular weight excluding hydrogens is 370 g/mol. The van der Waals surface area contributed by atoms with Crippen LogP contribution in [0.5, 0.6) is 11.5 Å². The number of methoxy groups -OCH3 is 1. The van der Waals surface area contributed by atoms with E-state index in [9.17, 15) is 4.79 Å². The Morgan fingerprint density at radius 1 is 1.07 bits per heavy atom. The maximum atomic E-state index is 12.3. The first-order chi connectivity index (χ1) is 14.2. The Morgan fingerprint density at radius 2 is 1.83 bits per heavy atom. The number of carbonyl (C=O) groups is 1. The number of benzene rings is 2. The van der Waals surface area contributed by atoms with Crippen molar-refractivity contribution in [3.05, 3.63) is 60.5 Å². The fourth-order valence-electron chi connectivity index (χ4n) is 2.74.